The molecular formula is C4H6N2O3S2. The molecule has 7 heteroatoms. The Kier molecular flexibility index (Phi) is 2.53. The number of aromatic nitrogens is 2. The third kappa shape index (κ3) is 3.40. The quantitative estimate of drug-likeness (QED) is 0.634. The van der Waals surface area contributed by atoms with Crippen molar-refractivity contribution >= 4 is 21.7 Å². The first-order valence-electron chi connectivity index (χ1n) is 2.68. The highest BCUT2D eigenvalue weighted by Gasteiger charge is 2.03. The van der Waals surface area contributed by atoms with Gasteiger partial charge in [0, 0.05) is 0 Å². The van der Waals surface area contributed by atoms with E-state index in [1.807, 2.05) is 0 Å². The second-order valence-electron chi connectivity index (χ2n) is 1.85. The van der Waals surface area contributed by atoms with Crippen LogP contribution in [0.3, 0.4) is 0 Å². The summed E-state index contributed by atoms with van der Waals surface area (Å²) < 4.78 is 29.0. The van der Waals surface area contributed by atoms with Crippen LogP contribution in [0.4, 0.5) is 0 Å². The number of nitrogens with zero attached hydrogens (tertiary/aromatic N) is 2. The lowest BCUT2D eigenvalue weighted by atomic mass is 10.6. The monoisotopic (exact) mass is 194 g/mol. The Hall–Kier alpha value is -0.530. The molecule has 1 aromatic rings. The van der Waals surface area contributed by atoms with E-state index in [1.165, 1.54) is 6.20 Å². The molecule has 0 unspecified atom stereocenters. The highest BCUT2D eigenvalue weighted by Crippen LogP contribution is 2.04. The molecule has 0 amide bonds. The molecule has 0 aliphatic carbocycles. The number of hydrogen-bond donors (Lipinski definition) is 0. The standard InChI is InChI=1S/C4H6N2O3S2/c1-11(7,8)9-3-4-2-5-6-10-4/h2H,3H2,1H3. The molecule has 1 heterocycles. The van der Waals surface area contributed by atoms with Crippen molar-refractivity contribution in [2.24, 2.45) is 0 Å². The third-order valence-corrected chi connectivity index (χ3v) is 2.00. The molecule has 0 bridgehead atoms. The Balaban J connectivity index is 2.48. The molecule has 1 rings (SSSR count). The molecule has 0 radical (unpaired) electrons. The van der Waals surface area contributed by atoms with Crippen LogP contribution in [-0.2, 0) is 20.9 Å². The molecule has 0 aromatic carbocycles. The van der Waals surface area contributed by atoms with Gasteiger partial charge in [-0.3, -0.25) is 4.18 Å². The normalized spacial score (nSPS) is 11.7. The van der Waals surface area contributed by atoms with Crippen LogP contribution in [0, 0.1) is 0 Å². The van der Waals surface area contributed by atoms with Crippen LogP contribution in [0.15, 0.2) is 6.20 Å². The molecule has 1 aromatic heterocycles. The second-order valence-corrected chi connectivity index (χ2v) is 4.36. The van der Waals surface area contributed by atoms with E-state index in [0.717, 1.165) is 17.8 Å². The van der Waals surface area contributed by atoms with Crippen LogP contribution in [0.25, 0.3) is 0 Å². The predicted molar refractivity (Wildman–Crippen MR) is 39.5 cm³/mol. The Morgan fingerprint density at radius 1 is 1.73 bits per heavy atom. The molecule has 0 saturated carbocycles. The van der Waals surface area contributed by atoms with Crippen LogP contribution in [0.1, 0.15) is 4.88 Å². The van der Waals surface area contributed by atoms with Gasteiger partial charge in [0.2, 0.25) is 0 Å². The first-order valence-corrected chi connectivity index (χ1v) is 5.27. The van der Waals surface area contributed by atoms with Gasteiger partial charge in [-0.25, -0.2) is 0 Å². The van der Waals surface area contributed by atoms with Crippen molar-refractivity contribution in [2.45, 2.75) is 6.61 Å². The van der Waals surface area contributed by atoms with E-state index >= 15 is 0 Å². The van der Waals surface area contributed by atoms with Gasteiger partial charge in [0.1, 0.15) is 6.61 Å². The molecule has 5 nitrogen and oxygen atoms in total. The lowest BCUT2D eigenvalue weighted by Crippen LogP contribution is -2.01. The highest BCUT2D eigenvalue weighted by atomic mass is 32.2. The topological polar surface area (TPSA) is 69.2 Å². The van der Waals surface area contributed by atoms with E-state index in [-0.39, 0.29) is 6.61 Å². The summed E-state index contributed by atoms with van der Waals surface area (Å²) in [6.45, 7) is 0.0243. The average Bonchev–Trinajstić information content (AvgIpc) is 2.32. The molecule has 0 fully saturated rings. The Morgan fingerprint density at radius 2 is 2.45 bits per heavy atom. The SMILES string of the molecule is CS(=O)(=O)OCc1cnns1. The fraction of sp³-hybridized carbons (Fsp3) is 0.500. The van der Waals surface area contributed by atoms with Gasteiger partial charge < -0.3 is 0 Å². The minimum Gasteiger partial charge on any atom is -0.265 e. The summed E-state index contributed by atoms with van der Waals surface area (Å²) >= 11 is 1.11. The van der Waals surface area contributed by atoms with Crippen LogP contribution in [0.2, 0.25) is 0 Å². The van der Waals surface area contributed by atoms with E-state index in [4.69, 9.17) is 0 Å². The first-order chi connectivity index (χ1) is 5.08. The predicted octanol–water partition coefficient (Wildman–Crippen LogP) is 0.0143. The molecule has 0 spiro atoms. The first kappa shape index (κ1) is 8.57. The number of hydrogen-bond acceptors (Lipinski definition) is 6. The van der Waals surface area contributed by atoms with E-state index < -0.39 is 10.1 Å². The Morgan fingerprint density at radius 3 is 2.91 bits per heavy atom. The summed E-state index contributed by atoms with van der Waals surface area (Å²) in [5.74, 6) is 0. The highest BCUT2D eigenvalue weighted by molar-refractivity contribution is 7.85. The fourth-order valence-corrected chi connectivity index (χ4v) is 1.24. The summed E-state index contributed by atoms with van der Waals surface area (Å²) in [4.78, 5) is 0.690. The smallest absolute Gasteiger partial charge is 0.264 e. The second kappa shape index (κ2) is 3.24. The van der Waals surface area contributed by atoms with Crippen LogP contribution in [0.5, 0.6) is 0 Å². The van der Waals surface area contributed by atoms with Gasteiger partial charge in [-0.15, -0.1) is 5.10 Å². The zero-order valence-corrected chi connectivity index (χ0v) is 7.35. The largest absolute Gasteiger partial charge is 0.265 e. The van der Waals surface area contributed by atoms with Crippen LogP contribution >= 0.6 is 11.5 Å². The van der Waals surface area contributed by atoms with Gasteiger partial charge in [0.05, 0.1) is 17.3 Å². The maximum Gasteiger partial charge on any atom is 0.264 e. The van der Waals surface area contributed by atoms with Gasteiger partial charge in [-0.1, -0.05) is 4.49 Å². The summed E-state index contributed by atoms with van der Waals surface area (Å²) in [6, 6.07) is 0. The third-order valence-electron chi connectivity index (χ3n) is 0.822. The van der Waals surface area contributed by atoms with E-state index in [2.05, 4.69) is 13.8 Å². The van der Waals surface area contributed by atoms with Crippen molar-refractivity contribution < 1.29 is 12.6 Å². The molecule has 0 N–H and O–H groups in total. The zero-order valence-electron chi connectivity index (χ0n) is 5.72. The summed E-state index contributed by atoms with van der Waals surface area (Å²) in [5, 5.41) is 3.52. The van der Waals surface area contributed by atoms with Crippen molar-refractivity contribution in [1.29, 1.82) is 0 Å². The molecule has 62 valence electrons. The van der Waals surface area contributed by atoms with Crippen LogP contribution < -0.4 is 0 Å². The van der Waals surface area contributed by atoms with Crippen molar-refractivity contribution in [3.8, 4) is 0 Å². The Labute approximate surface area is 68.3 Å². The molecule has 0 aliphatic rings. The van der Waals surface area contributed by atoms with Crippen LogP contribution in [-0.4, -0.2) is 24.3 Å². The fourth-order valence-electron chi connectivity index (χ4n) is 0.416. The minimum absolute atomic E-state index is 0.0243. The van der Waals surface area contributed by atoms with E-state index in [0.29, 0.717) is 4.88 Å². The molecule has 0 aliphatic heterocycles. The van der Waals surface area contributed by atoms with Crippen molar-refractivity contribution in [2.75, 3.05) is 6.26 Å². The van der Waals surface area contributed by atoms with Crippen molar-refractivity contribution in [1.82, 2.24) is 9.59 Å². The van der Waals surface area contributed by atoms with Crippen molar-refractivity contribution in [3.05, 3.63) is 11.1 Å². The van der Waals surface area contributed by atoms with E-state index in [9.17, 15) is 8.42 Å². The summed E-state index contributed by atoms with van der Waals surface area (Å²) in [5.41, 5.74) is 0. The Bertz CT molecular complexity index is 304. The van der Waals surface area contributed by atoms with Gasteiger partial charge in [-0.2, -0.15) is 8.42 Å². The van der Waals surface area contributed by atoms with Gasteiger partial charge in [0.25, 0.3) is 10.1 Å². The van der Waals surface area contributed by atoms with Gasteiger partial charge in [-0.05, 0) is 11.5 Å². The zero-order chi connectivity index (χ0) is 8.32. The maximum absolute atomic E-state index is 10.5. The number of rotatable bonds is 3. The minimum atomic E-state index is -3.35. The summed E-state index contributed by atoms with van der Waals surface area (Å²) in [7, 11) is -3.35. The molecule has 11 heavy (non-hydrogen) atoms. The van der Waals surface area contributed by atoms with E-state index in [1.54, 1.807) is 0 Å². The maximum atomic E-state index is 10.5. The molecule has 0 saturated heterocycles. The van der Waals surface area contributed by atoms with Gasteiger partial charge in [0.15, 0.2) is 0 Å². The lowest BCUT2D eigenvalue weighted by Gasteiger charge is -1.94. The average molecular weight is 194 g/mol. The van der Waals surface area contributed by atoms with Crippen molar-refractivity contribution in [3.63, 3.8) is 0 Å². The summed E-state index contributed by atoms with van der Waals surface area (Å²) in [6.07, 6.45) is 2.47. The van der Waals surface area contributed by atoms with Gasteiger partial charge >= 0.3 is 0 Å². The molecule has 0 atom stereocenters. The lowest BCUT2D eigenvalue weighted by molar-refractivity contribution is 0.315. The molecular weight excluding hydrogens is 188 g/mol.